The van der Waals surface area contributed by atoms with Crippen molar-refractivity contribution in [3.8, 4) is 15.6 Å². The van der Waals surface area contributed by atoms with E-state index in [0.717, 1.165) is 43.2 Å². The molecule has 0 saturated carbocycles. The third kappa shape index (κ3) is 5.01. The molecule has 2 aromatic rings. The van der Waals surface area contributed by atoms with Crippen LogP contribution < -0.4 is 10.1 Å². The second kappa shape index (κ2) is 8.30. The third-order valence-corrected chi connectivity index (χ3v) is 5.29. The molecule has 0 aromatic carbocycles. The Morgan fingerprint density at radius 1 is 1.37 bits per heavy atom. The molecule has 0 atom stereocenters. The van der Waals surface area contributed by atoms with Crippen molar-refractivity contribution in [2.24, 2.45) is 7.05 Å². The lowest BCUT2D eigenvalue weighted by Crippen LogP contribution is -2.29. The molecule has 1 amide bonds. The predicted molar refractivity (Wildman–Crippen MR) is 95.5 cm³/mol. The van der Waals surface area contributed by atoms with Crippen LogP contribution in [-0.4, -0.2) is 47.0 Å². The fourth-order valence-corrected chi connectivity index (χ4v) is 3.73. The van der Waals surface area contributed by atoms with Crippen molar-refractivity contribution in [3.63, 3.8) is 0 Å². The molecule has 27 heavy (non-hydrogen) atoms. The summed E-state index contributed by atoms with van der Waals surface area (Å²) in [6.07, 6.45) is -1.99. The smallest absolute Gasteiger partial charge is 0.433 e. The van der Waals surface area contributed by atoms with Crippen molar-refractivity contribution in [1.29, 1.82) is 0 Å². The van der Waals surface area contributed by atoms with E-state index >= 15 is 0 Å². The van der Waals surface area contributed by atoms with Gasteiger partial charge < -0.3 is 9.64 Å². The summed E-state index contributed by atoms with van der Waals surface area (Å²) in [5.74, 6) is 0.223. The number of likely N-dealkylation sites (tertiary alicyclic amines) is 1. The Balaban J connectivity index is 1.43. The zero-order valence-corrected chi connectivity index (χ0v) is 15.7. The zero-order chi connectivity index (χ0) is 19.4. The maximum atomic E-state index is 12.9. The number of aryl methyl sites for hydroxylation is 1. The van der Waals surface area contributed by atoms with Gasteiger partial charge in [-0.1, -0.05) is 11.3 Å². The number of amides is 1. The first-order chi connectivity index (χ1) is 12.8. The highest BCUT2D eigenvalue weighted by molar-refractivity contribution is 7.17. The zero-order valence-electron chi connectivity index (χ0n) is 14.9. The van der Waals surface area contributed by atoms with Crippen LogP contribution in [0.4, 0.5) is 13.2 Å². The standard InChI is InChI=1S/C17H21F3N4O2S/c1-23-14(17(18,19)20)10-12(22-23)13-5-6-16(27-13)26-11-21-7-3-9-24-8-2-4-15(24)25/h5-6,10,21H,2-4,7-9,11H2,1H3. The minimum atomic E-state index is -4.43. The predicted octanol–water partition coefficient (Wildman–Crippen LogP) is 3.11. The molecule has 1 fully saturated rings. The van der Waals surface area contributed by atoms with Crippen LogP contribution in [0.1, 0.15) is 25.0 Å². The average Bonchev–Trinajstić information content (AvgIpc) is 3.30. The molecule has 0 unspecified atom stereocenters. The van der Waals surface area contributed by atoms with Crippen LogP contribution in [0.15, 0.2) is 18.2 Å². The molecule has 1 aliphatic heterocycles. The number of thiophene rings is 1. The molecule has 0 spiro atoms. The molecule has 6 nitrogen and oxygen atoms in total. The van der Waals surface area contributed by atoms with Crippen LogP contribution in [-0.2, 0) is 18.0 Å². The summed E-state index contributed by atoms with van der Waals surface area (Å²) >= 11 is 1.24. The maximum Gasteiger partial charge on any atom is 0.433 e. The lowest BCUT2D eigenvalue weighted by Gasteiger charge is -2.15. The number of carbonyl (C=O) groups is 1. The summed E-state index contributed by atoms with van der Waals surface area (Å²) in [5.41, 5.74) is -0.514. The number of hydrogen-bond acceptors (Lipinski definition) is 5. The van der Waals surface area contributed by atoms with Gasteiger partial charge in [-0.05, 0) is 37.6 Å². The van der Waals surface area contributed by atoms with E-state index in [9.17, 15) is 18.0 Å². The van der Waals surface area contributed by atoms with E-state index in [0.29, 0.717) is 23.1 Å². The lowest BCUT2D eigenvalue weighted by molar-refractivity contribution is -0.143. The normalized spacial score (nSPS) is 15.0. The summed E-state index contributed by atoms with van der Waals surface area (Å²) in [6.45, 7) is 2.61. The van der Waals surface area contributed by atoms with Crippen molar-refractivity contribution in [2.45, 2.75) is 25.4 Å². The third-order valence-electron chi connectivity index (χ3n) is 4.27. The number of nitrogens with zero attached hydrogens (tertiary/aromatic N) is 3. The Kier molecular flexibility index (Phi) is 6.05. The summed E-state index contributed by atoms with van der Waals surface area (Å²) in [7, 11) is 1.27. The molecule has 2 aromatic heterocycles. The average molecular weight is 402 g/mol. The number of aromatic nitrogens is 2. The number of rotatable bonds is 8. The Hall–Kier alpha value is -2.07. The van der Waals surface area contributed by atoms with Gasteiger partial charge in [0, 0.05) is 26.6 Å². The Morgan fingerprint density at radius 3 is 2.85 bits per heavy atom. The van der Waals surface area contributed by atoms with Crippen LogP contribution in [0.2, 0.25) is 0 Å². The molecule has 148 valence electrons. The second-order valence-corrected chi connectivity index (χ2v) is 7.33. The van der Waals surface area contributed by atoms with Crippen molar-refractivity contribution in [2.75, 3.05) is 26.4 Å². The van der Waals surface area contributed by atoms with Gasteiger partial charge in [0.05, 0.1) is 4.88 Å². The van der Waals surface area contributed by atoms with Gasteiger partial charge in [0.2, 0.25) is 5.91 Å². The van der Waals surface area contributed by atoms with Gasteiger partial charge in [-0.15, -0.1) is 0 Å². The highest BCUT2D eigenvalue weighted by Gasteiger charge is 2.35. The maximum absolute atomic E-state index is 12.9. The molecule has 3 rings (SSSR count). The summed E-state index contributed by atoms with van der Waals surface area (Å²) in [4.78, 5) is 14.0. The summed E-state index contributed by atoms with van der Waals surface area (Å²) in [5, 5.41) is 7.67. The van der Waals surface area contributed by atoms with Crippen molar-refractivity contribution >= 4 is 17.2 Å². The first-order valence-corrected chi connectivity index (χ1v) is 9.49. The van der Waals surface area contributed by atoms with Gasteiger partial charge in [-0.25, -0.2) is 0 Å². The topological polar surface area (TPSA) is 59.4 Å². The Labute approximate surface area is 158 Å². The minimum absolute atomic E-state index is 0.223. The van der Waals surface area contributed by atoms with Crippen LogP contribution in [0.5, 0.6) is 5.06 Å². The van der Waals surface area contributed by atoms with Gasteiger partial charge in [0.25, 0.3) is 0 Å². The molecule has 1 aliphatic rings. The molecular weight excluding hydrogens is 381 g/mol. The number of alkyl halides is 3. The molecule has 0 radical (unpaired) electrons. The minimum Gasteiger partial charge on any atom is -0.469 e. The van der Waals surface area contributed by atoms with Gasteiger partial charge in [0.1, 0.15) is 18.1 Å². The van der Waals surface area contributed by atoms with Crippen LogP contribution >= 0.6 is 11.3 Å². The number of nitrogens with one attached hydrogen (secondary N) is 1. The molecule has 0 bridgehead atoms. The van der Waals surface area contributed by atoms with Gasteiger partial charge in [-0.3, -0.25) is 14.8 Å². The van der Waals surface area contributed by atoms with E-state index in [4.69, 9.17) is 4.74 Å². The second-order valence-electron chi connectivity index (χ2n) is 6.28. The number of ether oxygens (including phenoxy) is 1. The fraction of sp³-hybridized carbons (Fsp3) is 0.529. The first kappa shape index (κ1) is 19.7. The van der Waals surface area contributed by atoms with Crippen LogP contribution in [0.3, 0.4) is 0 Å². The van der Waals surface area contributed by atoms with E-state index in [1.807, 2.05) is 4.90 Å². The van der Waals surface area contributed by atoms with Crippen molar-refractivity contribution < 1.29 is 22.7 Å². The highest BCUT2D eigenvalue weighted by Crippen LogP contribution is 2.36. The van der Waals surface area contributed by atoms with Crippen LogP contribution in [0.25, 0.3) is 10.6 Å². The van der Waals surface area contributed by atoms with E-state index in [1.165, 1.54) is 18.4 Å². The molecule has 0 aliphatic carbocycles. The number of halogens is 3. The Morgan fingerprint density at radius 2 is 2.19 bits per heavy atom. The molecule has 10 heteroatoms. The lowest BCUT2D eigenvalue weighted by atomic mass is 10.3. The summed E-state index contributed by atoms with van der Waals surface area (Å²) < 4.78 is 45.0. The van der Waals surface area contributed by atoms with Crippen molar-refractivity contribution in [3.05, 3.63) is 23.9 Å². The fourth-order valence-electron chi connectivity index (χ4n) is 2.92. The molecule has 3 heterocycles. The van der Waals surface area contributed by atoms with Gasteiger partial charge >= 0.3 is 6.18 Å². The largest absolute Gasteiger partial charge is 0.469 e. The number of carbonyl (C=O) groups excluding carboxylic acids is 1. The SMILES string of the molecule is Cn1nc(-c2ccc(OCNCCCN3CCCC3=O)s2)cc1C(F)(F)F. The molecule has 1 saturated heterocycles. The Bertz CT molecular complexity index is 787. The molecule has 1 N–H and O–H groups in total. The van der Waals surface area contributed by atoms with Gasteiger partial charge in [0.15, 0.2) is 5.06 Å². The highest BCUT2D eigenvalue weighted by atomic mass is 32.1. The quantitative estimate of drug-likeness (QED) is 0.545. The molecular formula is C17H21F3N4O2S. The van der Waals surface area contributed by atoms with Gasteiger partial charge in [-0.2, -0.15) is 18.3 Å². The van der Waals surface area contributed by atoms with E-state index in [-0.39, 0.29) is 11.6 Å². The summed E-state index contributed by atoms with van der Waals surface area (Å²) in [6, 6.07) is 4.45. The van der Waals surface area contributed by atoms with E-state index in [2.05, 4.69) is 10.4 Å². The first-order valence-electron chi connectivity index (χ1n) is 8.67. The van der Waals surface area contributed by atoms with Crippen molar-refractivity contribution in [1.82, 2.24) is 20.0 Å². The van der Waals surface area contributed by atoms with E-state index < -0.39 is 11.9 Å². The number of hydrogen-bond donors (Lipinski definition) is 1. The van der Waals surface area contributed by atoms with E-state index in [1.54, 1.807) is 12.1 Å². The monoisotopic (exact) mass is 402 g/mol. The van der Waals surface area contributed by atoms with Crippen LogP contribution in [0, 0.1) is 0 Å².